The Kier molecular flexibility index (Phi) is 3.52. The second-order valence-corrected chi connectivity index (χ2v) is 5.32. The highest BCUT2D eigenvalue weighted by Crippen LogP contribution is 2.44. The first-order chi connectivity index (χ1) is 8.12. The van der Waals surface area contributed by atoms with Crippen molar-refractivity contribution < 1.29 is 5.11 Å². The molecule has 3 atom stereocenters. The van der Waals surface area contributed by atoms with Crippen LogP contribution in [0.2, 0.25) is 0 Å². The Morgan fingerprint density at radius 2 is 2.06 bits per heavy atom. The lowest BCUT2D eigenvalue weighted by Gasteiger charge is -2.34. The highest BCUT2D eigenvalue weighted by atomic mass is 16.3. The number of hydrogen-bond acceptors (Lipinski definition) is 3. The fraction of sp³-hybridized carbons (Fsp3) is 0.571. The molecule has 1 aliphatic rings. The first-order valence-corrected chi connectivity index (χ1v) is 6.21. The van der Waals surface area contributed by atoms with E-state index < -0.39 is 0 Å². The van der Waals surface area contributed by atoms with Crippen molar-refractivity contribution in [2.24, 2.45) is 11.7 Å². The number of aliphatic hydroxyl groups excluding tert-OH is 1. The van der Waals surface area contributed by atoms with Crippen molar-refractivity contribution in [2.45, 2.75) is 24.9 Å². The van der Waals surface area contributed by atoms with Gasteiger partial charge in [0, 0.05) is 11.6 Å². The van der Waals surface area contributed by atoms with Crippen molar-refractivity contribution in [3.05, 3.63) is 35.9 Å². The van der Waals surface area contributed by atoms with Crippen LogP contribution < -0.4 is 5.73 Å². The predicted octanol–water partition coefficient (Wildman–Crippen LogP) is 1.39. The lowest BCUT2D eigenvalue weighted by Crippen LogP contribution is -2.42. The van der Waals surface area contributed by atoms with E-state index in [4.69, 9.17) is 5.73 Å². The number of rotatable bonds is 3. The highest BCUT2D eigenvalue weighted by Gasteiger charge is 2.46. The van der Waals surface area contributed by atoms with Crippen LogP contribution in [0.5, 0.6) is 0 Å². The molecule has 0 radical (unpaired) electrons. The van der Waals surface area contributed by atoms with E-state index in [1.54, 1.807) is 0 Å². The minimum absolute atomic E-state index is 0.148. The Morgan fingerprint density at radius 3 is 2.59 bits per heavy atom. The molecule has 17 heavy (non-hydrogen) atoms. The normalized spacial score (nSPS) is 34.1. The first-order valence-electron chi connectivity index (χ1n) is 6.21. The topological polar surface area (TPSA) is 49.5 Å². The van der Waals surface area contributed by atoms with Crippen LogP contribution in [0.1, 0.15) is 24.9 Å². The molecule has 1 fully saturated rings. The number of hydrogen-bond donors (Lipinski definition) is 2. The standard InChI is InChI=1S/C14H22N2O/c1-14(10-17)8-12(9-15)13(16(14)2)11-6-4-3-5-7-11/h3-7,12-13,17H,8-10,15H2,1-2H3/t12-,13-,14+/m1/s1. The third-order valence-electron chi connectivity index (χ3n) is 4.20. The summed E-state index contributed by atoms with van der Waals surface area (Å²) in [5.74, 6) is 0.416. The molecule has 0 aromatic heterocycles. The Labute approximate surface area is 103 Å². The van der Waals surface area contributed by atoms with E-state index in [1.807, 2.05) is 6.07 Å². The summed E-state index contributed by atoms with van der Waals surface area (Å²) in [5, 5.41) is 9.59. The zero-order valence-corrected chi connectivity index (χ0v) is 10.6. The van der Waals surface area contributed by atoms with Gasteiger partial charge in [0.2, 0.25) is 0 Å². The van der Waals surface area contributed by atoms with Crippen LogP contribution >= 0.6 is 0 Å². The van der Waals surface area contributed by atoms with E-state index >= 15 is 0 Å². The molecular weight excluding hydrogens is 212 g/mol. The molecule has 94 valence electrons. The summed E-state index contributed by atoms with van der Waals surface area (Å²) in [4.78, 5) is 2.28. The molecule has 1 aliphatic heterocycles. The van der Waals surface area contributed by atoms with Gasteiger partial charge in [0.15, 0.2) is 0 Å². The fourth-order valence-corrected chi connectivity index (χ4v) is 3.01. The van der Waals surface area contributed by atoms with Gasteiger partial charge in [-0.25, -0.2) is 0 Å². The SMILES string of the molecule is CN1[C@H](c2ccccc2)[C@@H](CN)C[C@@]1(C)CO. The largest absolute Gasteiger partial charge is 0.394 e. The number of nitrogens with zero attached hydrogens (tertiary/aromatic N) is 1. The van der Waals surface area contributed by atoms with Gasteiger partial charge in [0.1, 0.15) is 0 Å². The van der Waals surface area contributed by atoms with E-state index in [0.29, 0.717) is 18.5 Å². The van der Waals surface area contributed by atoms with Gasteiger partial charge in [-0.2, -0.15) is 0 Å². The quantitative estimate of drug-likeness (QED) is 0.831. The Morgan fingerprint density at radius 1 is 1.41 bits per heavy atom. The van der Waals surface area contributed by atoms with Crippen molar-refractivity contribution in [2.75, 3.05) is 20.2 Å². The molecule has 3 nitrogen and oxygen atoms in total. The Hall–Kier alpha value is -0.900. The summed E-state index contributed by atoms with van der Waals surface area (Å²) in [5.41, 5.74) is 7.04. The van der Waals surface area contributed by atoms with Crippen molar-refractivity contribution in [3.63, 3.8) is 0 Å². The number of nitrogens with two attached hydrogens (primary N) is 1. The summed E-state index contributed by atoms with van der Waals surface area (Å²) in [6, 6.07) is 10.8. The van der Waals surface area contributed by atoms with Crippen LogP contribution in [0, 0.1) is 5.92 Å². The van der Waals surface area contributed by atoms with E-state index in [2.05, 4.69) is 43.1 Å². The fourth-order valence-electron chi connectivity index (χ4n) is 3.01. The average Bonchev–Trinajstić information content (AvgIpc) is 2.63. The molecule has 1 saturated heterocycles. The summed E-state index contributed by atoms with van der Waals surface area (Å²) >= 11 is 0. The number of likely N-dealkylation sites (N-methyl/N-ethyl adjacent to an activating group) is 1. The molecule has 0 unspecified atom stereocenters. The smallest absolute Gasteiger partial charge is 0.0613 e. The van der Waals surface area contributed by atoms with Crippen molar-refractivity contribution in [3.8, 4) is 0 Å². The maximum Gasteiger partial charge on any atom is 0.0613 e. The molecule has 0 bridgehead atoms. The van der Waals surface area contributed by atoms with Crippen LogP contribution in [-0.4, -0.2) is 35.7 Å². The zero-order chi connectivity index (χ0) is 12.5. The monoisotopic (exact) mass is 234 g/mol. The molecule has 2 rings (SSSR count). The average molecular weight is 234 g/mol. The van der Waals surface area contributed by atoms with Crippen LogP contribution in [0.3, 0.4) is 0 Å². The van der Waals surface area contributed by atoms with E-state index in [1.165, 1.54) is 5.56 Å². The maximum absolute atomic E-state index is 9.59. The lowest BCUT2D eigenvalue weighted by atomic mass is 9.90. The Bertz CT molecular complexity index is 368. The van der Waals surface area contributed by atoms with Gasteiger partial charge in [-0.1, -0.05) is 30.3 Å². The maximum atomic E-state index is 9.59. The molecule has 1 heterocycles. The number of aliphatic hydroxyl groups is 1. The summed E-state index contributed by atoms with van der Waals surface area (Å²) in [6.07, 6.45) is 0.954. The zero-order valence-electron chi connectivity index (χ0n) is 10.6. The third-order valence-corrected chi connectivity index (χ3v) is 4.20. The molecule has 0 saturated carbocycles. The van der Waals surface area contributed by atoms with Gasteiger partial charge in [-0.15, -0.1) is 0 Å². The van der Waals surface area contributed by atoms with Gasteiger partial charge in [-0.05, 0) is 38.4 Å². The predicted molar refractivity (Wildman–Crippen MR) is 69.6 cm³/mol. The number of benzene rings is 1. The molecule has 1 aromatic rings. The van der Waals surface area contributed by atoms with Gasteiger partial charge in [0.05, 0.1) is 6.61 Å². The van der Waals surface area contributed by atoms with Gasteiger partial charge >= 0.3 is 0 Å². The Balaban J connectivity index is 2.32. The highest BCUT2D eigenvalue weighted by molar-refractivity contribution is 5.23. The number of likely N-dealkylation sites (tertiary alicyclic amines) is 1. The van der Waals surface area contributed by atoms with E-state index in [-0.39, 0.29) is 12.1 Å². The molecule has 0 aliphatic carbocycles. The van der Waals surface area contributed by atoms with Crippen molar-refractivity contribution in [1.29, 1.82) is 0 Å². The first kappa shape index (κ1) is 12.6. The van der Waals surface area contributed by atoms with Gasteiger partial charge in [0.25, 0.3) is 0 Å². The molecule has 3 heteroatoms. The second kappa shape index (κ2) is 4.77. The van der Waals surface area contributed by atoms with Crippen LogP contribution in [0.15, 0.2) is 30.3 Å². The minimum Gasteiger partial charge on any atom is -0.394 e. The summed E-state index contributed by atoms with van der Waals surface area (Å²) in [7, 11) is 2.09. The van der Waals surface area contributed by atoms with E-state index in [0.717, 1.165) is 6.42 Å². The molecule has 1 aromatic carbocycles. The molecule has 3 N–H and O–H groups in total. The molecule has 0 amide bonds. The van der Waals surface area contributed by atoms with Crippen LogP contribution in [-0.2, 0) is 0 Å². The molecule has 0 spiro atoms. The van der Waals surface area contributed by atoms with Crippen LogP contribution in [0.4, 0.5) is 0 Å². The third kappa shape index (κ3) is 2.10. The second-order valence-electron chi connectivity index (χ2n) is 5.32. The summed E-state index contributed by atoms with van der Waals surface area (Å²) in [6.45, 7) is 2.96. The van der Waals surface area contributed by atoms with Crippen molar-refractivity contribution >= 4 is 0 Å². The van der Waals surface area contributed by atoms with E-state index in [9.17, 15) is 5.11 Å². The lowest BCUT2D eigenvalue weighted by molar-refractivity contribution is 0.0769. The molecular formula is C14H22N2O. The minimum atomic E-state index is -0.148. The van der Waals surface area contributed by atoms with Gasteiger partial charge < -0.3 is 10.8 Å². The van der Waals surface area contributed by atoms with Gasteiger partial charge in [-0.3, -0.25) is 4.90 Å². The van der Waals surface area contributed by atoms with Crippen molar-refractivity contribution in [1.82, 2.24) is 4.90 Å². The van der Waals surface area contributed by atoms with Crippen LogP contribution in [0.25, 0.3) is 0 Å². The summed E-state index contributed by atoms with van der Waals surface area (Å²) < 4.78 is 0.